The van der Waals surface area contributed by atoms with Gasteiger partial charge in [-0.25, -0.2) is 0 Å². The van der Waals surface area contributed by atoms with E-state index in [0.717, 1.165) is 28.6 Å². The molecule has 0 N–H and O–H groups in total. The maximum absolute atomic E-state index is 12.9. The number of nitrogens with zero attached hydrogens (tertiary/aromatic N) is 2. The van der Waals surface area contributed by atoms with E-state index < -0.39 is 11.1 Å². The summed E-state index contributed by atoms with van der Waals surface area (Å²) >= 11 is 4.28. The van der Waals surface area contributed by atoms with Crippen molar-refractivity contribution in [1.82, 2.24) is 9.80 Å². The van der Waals surface area contributed by atoms with Gasteiger partial charge in [0.15, 0.2) is 11.5 Å². The van der Waals surface area contributed by atoms with Gasteiger partial charge in [-0.3, -0.25) is 19.3 Å². The monoisotopic (exact) mass is 500 g/mol. The van der Waals surface area contributed by atoms with Crippen molar-refractivity contribution in [1.29, 1.82) is 0 Å². The molecule has 0 aliphatic carbocycles. The normalized spacial score (nSPS) is 18.7. The highest BCUT2D eigenvalue weighted by Crippen LogP contribution is 2.40. The summed E-state index contributed by atoms with van der Waals surface area (Å²) in [6, 6.07) is 11.5. The lowest BCUT2D eigenvalue weighted by atomic mass is 10.00. The lowest BCUT2D eigenvalue weighted by Crippen LogP contribution is -2.44. The molecule has 2 aromatic rings. The smallest absolute Gasteiger partial charge is 0.294 e. The van der Waals surface area contributed by atoms with Gasteiger partial charge in [-0.1, -0.05) is 40.2 Å². The van der Waals surface area contributed by atoms with Crippen LogP contribution in [-0.4, -0.2) is 46.7 Å². The zero-order valence-electron chi connectivity index (χ0n) is 16.3. The average Bonchev–Trinajstić information content (AvgIpc) is 3.32. The van der Waals surface area contributed by atoms with Gasteiger partial charge < -0.3 is 14.4 Å². The third-order valence-electron chi connectivity index (χ3n) is 5.43. The standard InChI is InChI=1S/C22H17BrN2O5S/c23-16-9-18-17(29-12-30-18)7-15(16)8-19-21(27)25(22(28)31-19)11-20(26)24-6-5-13-3-1-2-4-14(13)10-24/h1-4,7-9H,5-6,10-12H2/b19-8+. The maximum atomic E-state index is 12.9. The average molecular weight is 501 g/mol. The molecule has 1 fully saturated rings. The predicted octanol–water partition coefficient (Wildman–Crippen LogP) is 3.80. The molecule has 3 aliphatic rings. The molecule has 7 nitrogen and oxygen atoms in total. The van der Waals surface area contributed by atoms with Crippen molar-refractivity contribution in [3.63, 3.8) is 0 Å². The van der Waals surface area contributed by atoms with Crippen LogP contribution >= 0.6 is 27.7 Å². The van der Waals surface area contributed by atoms with Gasteiger partial charge in [0.1, 0.15) is 6.54 Å². The van der Waals surface area contributed by atoms with Gasteiger partial charge >= 0.3 is 0 Å². The van der Waals surface area contributed by atoms with Crippen molar-refractivity contribution >= 4 is 50.8 Å². The lowest BCUT2D eigenvalue weighted by Gasteiger charge is -2.29. The predicted molar refractivity (Wildman–Crippen MR) is 119 cm³/mol. The number of hydrogen-bond donors (Lipinski definition) is 0. The van der Waals surface area contributed by atoms with Crippen LogP contribution in [0, 0.1) is 0 Å². The van der Waals surface area contributed by atoms with Crippen LogP contribution < -0.4 is 9.47 Å². The van der Waals surface area contributed by atoms with E-state index >= 15 is 0 Å². The Kier molecular flexibility index (Phi) is 5.23. The van der Waals surface area contributed by atoms with Crippen molar-refractivity contribution in [2.24, 2.45) is 0 Å². The minimum Gasteiger partial charge on any atom is -0.454 e. The first kappa shape index (κ1) is 20.1. The molecule has 0 saturated carbocycles. The van der Waals surface area contributed by atoms with E-state index in [-0.39, 0.29) is 24.2 Å². The topological polar surface area (TPSA) is 76.1 Å². The summed E-state index contributed by atoms with van der Waals surface area (Å²) < 4.78 is 11.4. The van der Waals surface area contributed by atoms with Crippen molar-refractivity contribution in [3.8, 4) is 11.5 Å². The zero-order valence-corrected chi connectivity index (χ0v) is 18.7. The molecule has 3 heterocycles. The van der Waals surface area contributed by atoms with Crippen LogP contribution in [0.4, 0.5) is 4.79 Å². The van der Waals surface area contributed by atoms with Crippen LogP contribution in [0.3, 0.4) is 0 Å². The van der Waals surface area contributed by atoms with Crippen LogP contribution in [0.5, 0.6) is 11.5 Å². The third-order valence-corrected chi connectivity index (χ3v) is 7.02. The fourth-order valence-corrected chi connectivity index (χ4v) is 5.03. The molecule has 5 rings (SSSR count). The Morgan fingerprint density at radius 1 is 1.13 bits per heavy atom. The third kappa shape index (κ3) is 3.83. The number of amides is 3. The molecule has 1 saturated heterocycles. The number of carbonyl (C=O) groups is 3. The highest BCUT2D eigenvalue weighted by molar-refractivity contribution is 9.10. The summed E-state index contributed by atoms with van der Waals surface area (Å²) in [5.41, 5.74) is 3.02. The molecule has 0 bridgehead atoms. The first-order chi connectivity index (χ1) is 15.0. The van der Waals surface area contributed by atoms with Crippen molar-refractivity contribution in [3.05, 3.63) is 62.5 Å². The SMILES string of the molecule is O=C(CN1C(=O)S/C(=C/c2cc3c(cc2Br)OCO3)C1=O)N1CCc2ccccc2C1. The van der Waals surface area contributed by atoms with Crippen LogP contribution in [-0.2, 0) is 22.6 Å². The summed E-state index contributed by atoms with van der Waals surface area (Å²) in [6.07, 6.45) is 2.39. The summed E-state index contributed by atoms with van der Waals surface area (Å²) in [5.74, 6) is 0.493. The highest BCUT2D eigenvalue weighted by Gasteiger charge is 2.37. The Labute approximate surface area is 191 Å². The Hall–Kier alpha value is -2.78. The van der Waals surface area contributed by atoms with Crippen LogP contribution in [0.2, 0.25) is 0 Å². The molecule has 0 spiro atoms. The van der Waals surface area contributed by atoms with Gasteiger partial charge in [0, 0.05) is 17.6 Å². The van der Waals surface area contributed by atoms with Crippen LogP contribution in [0.25, 0.3) is 6.08 Å². The second-order valence-corrected chi connectivity index (χ2v) is 9.18. The van der Waals surface area contributed by atoms with E-state index in [1.54, 1.807) is 23.1 Å². The molecule has 3 aliphatic heterocycles. The van der Waals surface area contributed by atoms with Crippen LogP contribution in [0.15, 0.2) is 45.8 Å². The van der Waals surface area contributed by atoms with Gasteiger partial charge in [0.25, 0.3) is 11.1 Å². The van der Waals surface area contributed by atoms with E-state index in [9.17, 15) is 14.4 Å². The van der Waals surface area contributed by atoms with Crippen molar-refractivity contribution < 1.29 is 23.9 Å². The Balaban J connectivity index is 1.31. The quantitative estimate of drug-likeness (QED) is 0.596. The van der Waals surface area contributed by atoms with Crippen molar-refractivity contribution in [2.75, 3.05) is 19.9 Å². The van der Waals surface area contributed by atoms with E-state index in [4.69, 9.17) is 9.47 Å². The van der Waals surface area contributed by atoms with Crippen LogP contribution in [0.1, 0.15) is 16.7 Å². The molecule has 158 valence electrons. The molecule has 0 aromatic heterocycles. The summed E-state index contributed by atoms with van der Waals surface area (Å²) in [6.45, 7) is 0.953. The van der Waals surface area contributed by atoms with Gasteiger partial charge in [-0.15, -0.1) is 0 Å². The number of rotatable bonds is 3. The second-order valence-electron chi connectivity index (χ2n) is 7.33. The van der Waals surface area contributed by atoms with Gasteiger partial charge in [0.05, 0.1) is 4.91 Å². The fourth-order valence-electron chi connectivity index (χ4n) is 3.76. The van der Waals surface area contributed by atoms with Crippen molar-refractivity contribution in [2.45, 2.75) is 13.0 Å². The Morgan fingerprint density at radius 3 is 2.68 bits per heavy atom. The second kappa shape index (κ2) is 8.05. The van der Waals surface area contributed by atoms with Gasteiger partial charge in [0.2, 0.25) is 12.7 Å². The Morgan fingerprint density at radius 2 is 1.87 bits per heavy atom. The molecule has 2 aromatic carbocycles. The first-order valence-electron chi connectivity index (χ1n) is 9.68. The number of hydrogen-bond acceptors (Lipinski definition) is 6. The molecule has 0 unspecified atom stereocenters. The maximum Gasteiger partial charge on any atom is 0.294 e. The zero-order chi connectivity index (χ0) is 21.5. The molecule has 3 amide bonds. The minimum absolute atomic E-state index is 0.144. The number of thioether (sulfide) groups is 1. The Bertz CT molecular complexity index is 1150. The number of ether oxygens (including phenoxy) is 2. The number of fused-ring (bicyclic) bond motifs is 2. The van der Waals surface area contributed by atoms with Gasteiger partial charge in [-0.05, 0) is 53.1 Å². The van der Waals surface area contributed by atoms with E-state index in [2.05, 4.69) is 22.0 Å². The number of benzene rings is 2. The molecule has 0 atom stereocenters. The van der Waals surface area contributed by atoms with Gasteiger partial charge in [-0.2, -0.15) is 0 Å². The number of halogens is 1. The van der Waals surface area contributed by atoms with E-state index in [1.165, 1.54) is 5.56 Å². The molecule has 9 heteroatoms. The molecule has 0 radical (unpaired) electrons. The molecular formula is C22H17BrN2O5S. The minimum atomic E-state index is -0.467. The molecule has 31 heavy (non-hydrogen) atoms. The summed E-state index contributed by atoms with van der Waals surface area (Å²) in [7, 11) is 0. The molecular weight excluding hydrogens is 484 g/mol. The summed E-state index contributed by atoms with van der Waals surface area (Å²) in [5, 5.41) is -0.445. The van der Waals surface area contributed by atoms with E-state index in [0.29, 0.717) is 34.6 Å². The largest absolute Gasteiger partial charge is 0.454 e. The number of imide groups is 1. The first-order valence-corrected chi connectivity index (χ1v) is 11.3. The lowest BCUT2D eigenvalue weighted by molar-refractivity contribution is -0.136. The fraction of sp³-hybridized carbons (Fsp3) is 0.227. The summed E-state index contributed by atoms with van der Waals surface area (Å²) in [4.78, 5) is 41.1. The van der Waals surface area contributed by atoms with E-state index in [1.807, 2.05) is 18.2 Å². The number of carbonyl (C=O) groups excluding carboxylic acids is 3. The highest BCUT2D eigenvalue weighted by atomic mass is 79.9.